The normalized spacial score (nSPS) is 15.9. The summed E-state index contributed by atoms with van der Waals surface area (Å²) in [4.78, 5) is 0. The number of halogens is 15. The molecule has 3 aromatic carbocycles. The molecule has 0 bridgehead atoms. The third-order valence-electron chi connectivity index (χ3n) is 7.07. The van der Waals surface area contributed by atoms with Crippen LogP contribution in [0.25, 0.3) is 16.7 Å². The summed E-state index contributed by atoms with van der Waals surface area (Å²) in [6, 6.07) is 2.70. The predicted molar refractivity (Wildman–Crippen MR) is 131 cm³/mol. The Labute approximate surface area is 257 Å². The van der Waals surface area contributed by atoms with Crippen molar-refractivity contribution < 1.29 is 65.9 Å². The van der Waals surface area contributed by atoms with E-state index in [0.29, 0.717) is 13.8 Å². The Kier molecular flexibility index (Phi) is 8.67. The molecule has 3 nitrogen and oxygen atoms in total. The lowest BCUT2D eigenvalue weighted by molar-refractivity contribution is -0.143. The van der Waals surface area contributed by atoms with Gasteiger partial charge in [-0.2, -0.15) is 29.0 Å². The van der Waals surface area contributed by atoms with Crippen molar-refractivity contribution in [3.63, 3.8) is 0 Å². The summed E-state index contributed by atoms with van der Waals surface area (Å²) in [7, 11) is 0. The summed E-state index contributed by atoms with van der Waals surface area (Å²) in [5.41, 5.74) is -20.9. The molecule has 3 aromatic rings. The average Bonchev–Trinajstić information content (AvgIpc) is 3.75. The molecule has 0 aliphatic heterocycles. The highest BCUT2D eigenvalue weighted by atomic mass is 19.4. The van der Waals surface area contributed by atoms with Crippen molar-refractivity contribution in [1.29, 1.82) is 15.8 Å². The number of benzene rings is 3. The van der Waals surface area contributed by atoms with E-state index < -0.39 is 143 Å². The van der Waals surface area contributed by atoms with Crippen LogP contribution < -0.4 is 0 Å². The van der Waals surface area contributed by atoms with E-state index in [2.05, 4.69) is 0 Å². The zero-order valence-corrected chi connectivity index (χ0v) is 23.0. The minimum absolute atomic E-state index is 0.488. The highest BCUT2D eigenvalue weighted by Crippen LogP contribution is 2.57. The first-order chi connectivity index (χ1) is 22.2. The molecule has 0 amide bonds. The van der Waals surface area contributed by atoms with Crippen molar-refractivity contribution >= 4 is 16.7 Å². The van der Waals surface area contributed by atoms with Gasteiger partial charge in [-0.1, -0.05) is 0 Å². The quantitative estimate of drug-likeness (QED) is 0.156. The first-order valence-corrected chi connectivity index (χ1v) is 12.3. The van der Waals surface area contributed by atoms with Gasteiger partial charge in [0.25, 0.3) is 0 Å². The maximum atomic E-state index is 15.0. The van der Waals surface area contributed by atoms with E-state index in [1.807, 2.05) is 0 Å². The van der Waals surface area contributed by atoms with Crippen LogP contribution in [-0.4, -0.2) is 0 Å². The smallest absolute Gasteiger partial charge is 0.203 e. The van der Waals surface area contributed by atoms with Gasteiger partial charge in [0.05, 0.1) is 27.8 Å². The third kappa shape index (κ3) is 4.94. The largest absolute Gasteiger partial charge is 0.422 e. The molecule has 1 aliphatic carbocycles. The molecule has 48 heavy (non-hydrogen) atoms. The minimum atomic E-state index is -6.08. The Morgan fingerprint density at radius 2 is 0.812 bits per heavy atom. The number of nitrogens with zero attached hydrogens (tertiary/aromatic N) is 3. The second kappa shape index (κ2) is 11.8. The molecular formula is C30H6F15N3. The Balaban J connectivity index is 2.32. The molecule has 0 saturated heterocycles. The molecule has 1 fully saturated rings. The fourth-order valence-corrected chi connectivity index (χ4v) is 4.78. The van der Waals surface area contributed by atoms with Gasteiger partial charge in [0, 0.05) is 16.7 Å². The summed E-state index contributed by atoms with van der Waals surface area (Å²) in [5.74, 6) is -30.5. The number of allylic oxidation sites excluding steroid dienone is 6. The number of rotatable bonds is 3. The average molecular weight is 693 g/mol. The van der Waals surface area contributed by atoms with Crippen molar-refractivity contribution in [3.8, 4) is 18.2 Å². The molecule has 1 aliphatic rings. The molecule has 0 spiro atoms. The van der Waals surface area contributed by atoms with Gasteiger partial charge in [0.2, 0.25) is 0 Å². The molecule has 1 saturated carbocycles. The predicted octanol–water partition coefficient (Wildman–Crippen LogP) is 9.30. The van der Waals surface area contributed by atoms with Crippen LogP contribution >= 0.6 is 0 Å². The van der Waals surface area contributed by atoms with Crippen LogP contribution in [0.2, 0.25) is 0 Å². The monoisotopic (exact) mass is 693 g/mol. The van der Waals surface area contributed by atoms with E-state index in [4.69, 9.17) is 5.26 Å². The van der Waals surface area contributed by atoms with Crippen LogP contribution in [0.5, 0.6) is 0 Å². The molecule has 0 N–H and O–H groups in total. The van der Waals surface area contributed by atoms with E-state index in [1.54, 1.807) is 0 Å². The number of hydrogen-bond donors (Lipinski definition) is 0. The fourth-order valence-electron chi connectivity index (χ4n) is 4.78. The summed E-state index contributed by atoms with van der Waals surface area (Å²) in [5, 5.41) is 28.4. The number of alkyl halides is 3. The summed E-state index contributed by atoms with van der Waals surface area (Å²) in [6.07, 6.45) is -6.08. The SMILES string of the molecule is C/C(=C1\C(=C(C#N)c2c(F)c(F)c(C)c(F)c2F)\C1=C(\C#N)c1c(F)c(F)c(C(F)(F)F)c(F)c1F)c1c(F)c(F)c(C#N)c(F)c1F. The maximum absolute atomic E-state index is 15.0. The van der Waals surface area contributed by atoms with Crippen molar-refractivity contribution in [2.75, 3.05) is 0 Å². The molecule has 4 rings (SSSR count). The molecule has 0 aromatic heterocycles. The molecule has 0 heterocycles. The van der Waals surface area contributed by atoms with Gasteiger partial charge in [0.15, 0.2) is 69.8 Å². The molecule has 0 radical (unpaired) electrons. The molecule has 246 valence electrons. The lowest BCUT2D eigenvalue weighted by Gasteiger charge is -2.13. The van der Waals surface area contributed by atoms with Crippen LogP contribution in [0.1, 0.15) is 40.3 Å². The van der Waals surface area contributed by atoms with E-state index in [-0.39, 0.29) is 0 Å². The summed E-state index contributed by atoms with van der Waals surface area (Å²) < 4.78 is 216. The van der Waals surface area contributed by atoms with Crippen LogP contribution in [0.4, 0.5) is 65.9 Å². The van der Waals surface area contributed by atoms with E-state index in [1.165, 1.54) is 0 Å². The third-order valence-corrected chi connectivity index (χ3v) is 7.07. The molecule has 0 unspecified atom stereocenters. The van der Waals surface area contributed by atoms with Gasteiger partial charge < -0.3 is 0 Å². The van der Waals surface area contributed by atoms with Crippen LogP contribution in [0.3, 0.4) is 0 Å². The minimum Gasteiger partial charge on any atom is -0.203 e. The van der Waals surface area contributed by atoms with E-state index in [0.717, 1.165) is 18.2 Å². The van der Waals surface area contributed by atoms with Gasteiger partial charge in [-0.25, -0.2) is 52.7 Å². The van der Waals surface area contributed by atoms with Gasteiger partial charge in [-0.15, -0.1) is 0 Å². The second-order valence-electron chi connectivity index (χ2n) is 9.60. The lowest BCUT2D eigenvalue weighted by atomic mass is 9.98. The maximum Gasteiger partial charge on any atom is 0.422 e. The van der Waals surface area contributed by atoms with Crippen molar-refractivity contribution in [2.24, 2.45) is 0 Å². The highest BCUT2D eigenvalue weighted by molar-refractivity contribution is 6.10. The van der Waals surface area contributed by atoms with Gasteiger partial charge in [-0.3, -0.25) is 0 Å². The Bertz CT molecular complexity index is 2150. The van der Waals surface area contributed by atoms with Crippen molar-refractivity contribution in [3.05, 3.63) is 120 Å². The topological polar surface area (TPSA) is 71.4 Å². The first-order valence-electron chi connectivity index (χ1n) is 12.3. The van der Waals surface area contributed by atoms with E-state index >= 15 is 8.78 Å². The number of nitriles is 3. The highest BCUT2D eigenvalue weighted by Gasteiger charge is 2.47. The molecule has 18 heteroatoms. The lowest BCUT2D eigenvalue weighted by Crippen LogP contribution is -2.17. The van der Waals surface area contributed by atoms with Crippen molar-refractivity contribution in [2.45, 2.75) is 20.0 Å². The standard InChI is InChI=1S/C30H6F15N3/c1-6(12-22(35)20(33)10(5-48)21(34)23(12)36)11-13(8(3-46)15-24(37)18(31)7(2)19(32)25(15)38)14(11)9(4-47)16-26(39)28(41)17(30(43,44)45)29(42)27(16)40/h1-2H3/b11-6-,13-8?,14-9-. The molecule has 0 atom stereocenters. The summed E-state index contributed by atoms with van der Waals surface area (Å²) >= 11 is 0. The Hall–Kier alpha value is -5.70. The van der Waals surface area contributed by atoms with Crippen LogP contribution in [0, 0.1) is 111 Å². The van der Waals surface area contributed by atoms with Crippen molar-refractivity contribution in [1.82, 2.24) is 0 Å². The van der Waals surface area contributed by atoms with Gasteiger partial charge >= 0.3 is 6.18 Å². The zero-order chi connectivity index (χ0) is 36.5. The Morgan fingerprint density at radius 3 is 1.12 bits per heavy atom. The van der Waals surface area contributed by atoms with E-state index in [9.17, 15) is 67.6 Å². The van der Waals surface area contributed by atoms with Crippen LogP contribution in [-0.2, 0) is 6.18 Å². The fraction of sp³-hybridized carbons (Fsp3) is 0.100. The second-order valence-corrected chi connectivity index (χ2v) is 9.60. The Morgan fingerprint density at radius 1 is 0.479 bits per heavy atom. The first kappa shape index (κ1) is 35.2. The zero-order valence-electron chi connectivity index (χ0n) is 23.0. The summed E-state index contributed by atoms with van der Waals surface area (Å²) in [6.45, 7) is 1.02. The van der Waals surface area contributed by atoms with Crippen LogP contribution in [0.15, 0.2) is 16.7 Å². The van der Waals surface area contributed by atoms with Gasteiger partial charge in [0.1, 0.15) is 29.3 Å². The number of hydrogen-bond acceptors (Lipinski definition) is 3. The molecular weight excluding hydrogens is 687 g/mol. The van der Waals surface area contributed by atoms with Gasteiger partial charge in [-0.05, 0) is 25.0 Å².